The number of aliphatic hydroxyl groups is 2. The summed E-state index contributed by atoms with van der Waals surface area (Å²) in [5, 5.41) is 20.9. The molecule has 1 unspecified atom stereocenters. The summed E-state index contributed by atoms with van der Waals surface area (Å²) >= 11 is 0. The van der Waals surface area contributed by atoms with Crippen LogP contribution < -0.4 is 22.3 Å². The van der Waals surface area contributed by atoms with E-state index in [2.05, 4.69) is 14.7 Å². The summed E-state index contributed by atoms with van der Waals surface area (Å²) in [6, 6.07) is 0. The fourth-order valence-electron chi connectivity index (χ4n) is 1.95. The van der Waals surface area contributed by atoms with Crippen molar-refractivity contribution in [1.29, 1.82) is 0 Å². The first-order chi connectivity index (χ1) is 13.7. The van der Waals surface area contributed by atoms with Crippen LogP contribution in [0.25, 0.3) is 0 Å². The van der Waals surface area contributed by atoms with Gasteiger partial charge >= 0.3 is 17.6 Å². The van der Waals surface area contributed by atoms with E-state index >= 15 is 0 Å². The van der Waals surface area contributed by atoms with E-state index in [1.165, 1.54) is 0 Å². The van der Waals surface area contributed by atoms with Gasteiger partial charge in [0.05, 0.1) is 5.56 Å². The number of amides is 1. The number of hydrogen-bond acceptors (Lipinski definition) is 11. The van der Waals surface area contributed by atoms with E-state index in [9.17, 15) is 29.1 Å². The molecule has 154 valence electrons. The first kappa shape index (κ1) is 21.1. The highest BCUT2D eigenvalue weighted by atomic mass is 16.5. The van der Waals surface area contributed by atoms with Gasteiger partial charge in [0.2, 0.25) is 6.35 Å². The number of hydrogen-bond donors (Lipinski definition) is 6. The third-order valence-electron chi connectivity index (χ3n) is 3.27. The van der Waals surface area contributed by atoms with Gasteiger partial charge in [-0.25, -0.2) is 19.4 Å². The standard InChI is InChI=1S/C15H15N5O9/c16-11-10(13(25)20-15(27)18-11)7(21)5-29-9(23)2-1-8(22)28-4-6-3-17-14(26)19-12(6)24/h1-3,15,21,27H,4-5H2,(H2,16,18)(H,20,25)(H2,17,19,24,26)/b2-1+,10-7?. The molecule has 0 saturated heterocycles. The van der Waals surface area contributed by atoms with Gasteiger partial charge in [-0.3, -0.25) is 14.6 Å². The molecule has 2 heterocycles. The quantitative estimate of drug-likeness (QED) is 0.156. The van der Waals surface area contributed by atoms with Crippen LogP contribution in [-0.2, 0) is 30.5 Å². The Bertz CT molecular complexity index is 1030. The predicted octanol–water partition coefficient (Wildman–Crippen LogP) is -3.22. The first-order valence-electron chi connectivity index (χ1n) is 7.74. The van der Waals surface area contributed by atoms with Gasteiger partial charge in [-0.1, -0.05) is 0 Å². The fraction of sp³-hybridized carbons (Fsp3) is 0.200. The number of nitrogens with one attached hydrogen (secondary N) is 3. The SMILES string of the molecule is NC1=NC(O)NC(=O)C1=C(O)COC(=O)/C=C/C(=O)OCc1c[nH]c(=O)[nH]c1=O. The Balaban J connectivity index is 1.87. The van der Waals surface area contributed by atoms with Crippen molar-refractivity contribution < 1.29 is 34.1 Å². The van der Waals surface area contributed by atoms with Gasteiger partial charge < -0.3 is 35.7 Å². The smallest absolute Gasteiger partial charge is 0.331 e. The van der Waals surface area contributed by atoms with E-state index < -0.39 is 65.8 Å². The Morgan fingerprint density at radius 2 is 1.86 bits per heavy atom. The largest absolute Gasteiger partial charge is 0.508 e. The van der Waals surface area contributed by atoms with E-state index in [-0.39, 0.29) is 5.56 Å². The number of aliphatic imine (C=N–C) groups is 1. The summed E-state index contributed by atoms with van der Waals surface area (Å²) in [6.45, 7) is -1.23. The third kappa shape index (κ3) is 5.90. The molecule has 0 fully saturated rings. The van der Waals surface area contributed by atoms with Crippen molar-refractivity contribution in [2.75, 3.05) is 6.61 Å². The highest BCUT2D eigenvalue weighted by Gasteiger charge is 2.26. The number of amidine groups is 1. The lowest BCUT2D eigenvalue weighted by molar-refractivity contribution is -0.141. The molecule has 7 N–H and O–H groups in total. The minimum Gasteiger partial charge on any atom is -0.508 e. The minimum atomic E-state index is -1.55. The zero-order valence-corrected chi connectivity index (χ0v) is 14.5. The topological polar surface area (TPSA) is 226 Å². The molecular formula is C15H15N5O9. The second-order valence-corrected chi connectivity index (χ2v) is 5.33. The van der Waals surface area contributed by atoms with Crippen molar-refractivity contribution in [2.45, 2.75) is 13.0 Å². The van der Waals surface area contributed by atoms with Gasteiger partial charge in [0.15, 0.2) is 0 Å². The van der Waals surface area contributed by atoms with Crippen LogP contribution in [0.15, 0.2) is 44.3 Å². The van der Waals surface area contributed by atoms with Crippen LogP contribution in [0.4, 0.5) is 0 Å². The molecule has 1 atom stereocenters. The number of H-pyrrole nitrogens is 2. The third-order valence-corrected chi connectivity index (χ3v) is 3.27. The lowest BCUT2D eigenvalue weighted by Crippen LogP contribution is -2.44. The molecule has 0 spiro atoms. The predicted molar refractivity (Wildman–Crippen MR) is 93.0 cm³/mol. The normalized spacial score (nSPS) is 18.0. The highest BCUT2D eigenvalue weighted by molar-refractivity contribution is 6.21. The molecule has 1 aromatic heterocycles. The second-order valence-electron chi connectivity index (χ2n) is 5.33. The summed E-state index contributed by atoms with van der Waals surface area (Å²) < 4.78 is 9.35. The van der Waals surface area contributed by atoms with Crippen molar-refractivity contribution in [3.05, 3.63) is 56.1 Å². The average molecular weight is 409 g/mol. The fourth-order valence-corrected chi connectivity index (χ4v) is 1.95. The van der Waals surface area contributed by atoms with Crippen LogP contribution in [0.2, 0.25) is 0 Å². The molecule has 14 heteroatoms. The highest BCUT2D eigenvalue weighted by Crippen LogP contribution is 2.08. The summed E-state index contributed by atoms with van der Waals surface area (Å²) in [5.41, 5.74) is 3.45. The Kier molecular flexibility index (Phi) is 6.65. The van der Waals surface area contributed by atoms with E-state index in [1.807, 2.05) is 10.3 Å². The van der Waals surface area contributed by atoms with Gasteiger partial charge in [-0.15, -0.1) is 0 Å². The van der Waals surface area contributed by atoms with Crippen molar-refractivity contribution in [3.63, 3.8) is 0 Å². The summed E-state index contributed by atoms with van der Waals surface area (Å²) in [7, 11) is 0. The zero-order valence-electron chi connectivity index (χ0n) is 14.5. The van der Waals surface area contributed by atoms with Gasteiger partial charge in [0, 0.05) is 18.3 Å². The maximum absolute atomic E-state index is 11.6. The molecular weight excluding hydrogens is 394 g/mol. The molecule has 0 saturated carbocycles. The number of nitrogens with two attached hydrogens (primary N) is 1. The number of rotatable bonds is 6. The molecule has 29 heavy (non-hydrogen) atoms. The van der Waals surface area contributed by atoms with Crippen molar-refractivity contribution in [2.24, 2.45) is 10.7 Å². The van der Waals surface area contributed by atoms with Gasteiger partial charge in [0.25, 0.3) is 11.5 Å². The number of nitrogens with zero attached hydrogens (tertiary/aromatic N) is 1. The van der Waals surface area contributed by atoms with Crippen LogP contribution in [0.3, 0.4) is 0 Å². The van der Waals surface area contributed by atoms with E-state index in [0.29, 0.717) is 12.2 Å². The summed E-state index contributed by atoms with van der Waals surface area (Å²) in [6.07, 6.45) is 0.894. The van der Waals surface area contributed by atoms with Crippen molar-refractivity contribution >= 4 is 23.7 Å². The van der Waals surface area contributed by atoms with Gasteiger partial charge in [-0.2, -0.15) is 0 Å². The van der Waals surface area contributed by atoms with Crippen LogP contribution in [0.5, 0.6) is 0 Å². The van der Waals surface area contributed by atoms with Crippen LogP contribution in [0, 0.1) is 0 Å². The van der Waals surface area contributed by atoms with Gasteiger partial charge in [-0.05, 0) is 0 Å². The Labute approximate surface area is 160 Å². The molecule has 14 nitrogen and oxygen atoms in total. The molecule has 1 aromatic rings. The Morgan fingerprint density at radius 3 is 2.48 bits per heavy atom. The minimum absolute atomic E-state index is 0.0272. The van der Waals surface area contributed by atoms with Crippen molar-refractivity contribution in [1.82, 2.24) is 15.3 Å². The molecule has 2 rings (SSSR count). The number of aromatic nitrogens is 2. The Hall–Kier alpha value is -4.20. The van der Waals surface area contributed by atoms with Crippen LogP contribution in [-0.4, -0.2) is 56.8 Å². The maximum atomic E-state index is 11.6. The average Bonchev–Trinajstić information content (AvgIpc) is 2.63. The number of carbonyl (C=O) groups excluding carboxylic acids is 3. The van der Waals surface area contributed by atoms with Crippen LogP contribution in [0.1, 0.15) is 5.56 Å². The first-order valence-corrected chi connectivity index (χ1v) is 7.74. The van der Waals surface area contributed by atoms with E-state index in [1.54, 1.807) is 0 Å². The molecule has 0 aromatic carbocycles. The summed E-state index contributed by atoms with van der Waals surface area (Å²) in [4.78, 5) is 64.6. The number of aliphatic hydroxyl groups excluding tert-OH is 2. The second kappa shape index (κ2) is 9.14. The molecule has 1 amide bonds. The lowest BCUT2D eigenvalue weighted by atomic mass is 10.1. The van der Waals surface area contributed by atoms with E-state index in [0.717, 1.165) is 6.20 Å². The van der Waals surface area contributed by atoms with Crippen molar-refractivity contribution in [3.8, 4) is 0 Å². The number of esters is 2. The molecule has 1 aliphatic rings. The number of carbonyl (C=O) groups is 3. The lowest BCUT2D eigenvalue weighted by Gasteiger charge is -2.18. The molecule has 0 radical (unpaired) electrons. The molecule has 0 aliphatic carbocycles. The zero-order chi connectivity index (χ0) is 21.6. The molecule has 1 aliphatic heterocycles. The number of aromatic amines is 2. The van der Waals surface area contributed by atoms with E-state index in [4.69, 9.17) is 15.6 Å². The van der Waals surface area contributed by atoms with Crippen LogP contribution >= 0.6 is 0 Å². The molecule has 0 bridgehead atoms. The summed E-state index contributed by atoms with van der Waals surface area (Å²) in [5.74, 6) is -4.16. The van der Waals surface area contributed by atoms with Gasteiger partial charge in [0.1, 0.15) is 30.4 Å². The monoisotopic (exact) mass is 409 g/mol. The Morgan fingerprint density at radius 1 is 1.21 bits per heavy atom. The number of ether oxygens (including phenoxy) is 2. The maximum Gasteiger partial charge on any atom is 0.331 e.